The number of nitrogens with zero attached hydrogens (tertiary/aromatic N) is 1. The van der Waals surface area contributed by atoms with Crippen molar-refractivity contribution in [2.24, 2.45) is 5.92 Å². The van der Waals surface area contributed by atoms with Gasteiger partial charge in [-0.1, -0.05) is 60.5 Å². The molecule has 2 amide bonds. The Kier molecular flexibility index (Phi) is 8.65. The Bertz CT molecular complexity index is 896. The molecule has 1 aliphatic rings. The number of carbonyl (C=O) groups excluding carboxylic acids is 2. The summed E-state index contributed by atoms with van der Waals surface area (Å²) in [5, 5.41) is 4.26. The highest BCUT2D eigenvalue weighted by Crippen LogP contribution is 2.29. The zero-order valence-corrected chi connectivity index (χ0v) is 19.8. The van der Waals surface area contributed by atoms with Crippen LogP contribution >= 0.6 is 34.8 Å². The maximum absolute atomic E-state index is 13.5. The van der Waals surface area contributed by atoms with Gasteiger partial charge in [0.2, 0.25) is 11.8 Å². The maximum Gasteiger partial charge on any atom is 0.247 e. The number of alkyl halides is 1. The van der Waals surface area contributed by atoms with E-state index in [1.807, 2.05) is 18.2 Å². The van der Waals surface area contributed by atoms with Gasteiger partial charge in [0, 0.05) is 22.6 Å². The van der Waals surface area contributed by atoms with Crippen LogP contribution in [0.4, 0.5) is 0 Å². The quantitative estimate of drug-likeness (QED) is 0.493. The smallest absolute Gasteiger partial charge is 0.247 e. The predicted octanol–water partition coefficient (Wildman–Crippen LogP) is 6.00. The molecule has 0 radical (unpaired) electrons. The molecule has 0 unspecified atom stereocenters. The van der Waals surface area contributed by atoms with Crippen molar-refractivity contribution < 1.29 is 9.59 Å². The standard InChI is InChI=1S/C24H27Cl3N2O2/c1-16-6-12-20(13-7-16)28-24(31)23(17-8-10-19(26)11-9-17)29(22(30)14-25)15-18-4-2-3-5-21(18)27/h2-5,8-11,16,20,23H,6-7,12-15H2,1H3,(H,28,31)/t16?,20?,23-/m0/s1. The first-order valence-electron chi connectivity index (χ1n) is 10.5. The van der Waals surface area contributed by atoms with E-state index in [0.717, 1.165) is 31.2 Å². The van der Waals surface area contributed by atoms with Crippen molar-refractivity contribution in [2.45, 2.75) is 51.2 Å². The van der Waals surface area contributed by atoms with Crippen LogP contribution < -0.4 is 5.32 Å². The number of carbonyl (C=O) groups is 2. The first-order chi connectivity index (χ1) is 14.9. The van der Waals surface area contributed by atoms with Crippen molar-refractivity contribution in [1.82, 2.24) is 10.2 Å². The van der Waals surface area contributed by atoms with E-state index in [1.54, 1.807) is 30.3 Å². The van der Waals surface area contributed by atoms with Crippen molar-refractivity contribution in [1.29, 1.82) is 0 Å². The van der Waals surface area contributed by atoms with Crippen LogP contribution in [0.3, 0.4) is 0 Å². The van der Waals surface area contributed by atoms with E-state index < -0.39 is 6.04 Å². The Morgan fingerprint density at radius 1 is 1.03 bits per heavy atom. The van der Waals surface area contributed by atoms with Gasteiger partial charge in [0.15, 0.2) is 0 Å². The number of benzene rings is 2. The molecule has 1 fully saturated rings. The molecule has 0 saturated heterocycles. The molecule has 0 aliphatic heterocycles. The van der Waals surface area contributed by atoms with E-state index >= 15 is 0 Å². The van der Waals surface area contributed by atoms with Crippen LogP contribution in [-0.4, -0.2) is 28.6 Å². The summed E-state index contributed by atoms with van der Waals surface area (Å²) in [7, 11) is 0. The summed E-state index contributed by atoms with van der Waals surface area (Å²) < 4.78 is 0. The lowest BCUT2D eigenvalue weighted by Gasteiger charge is -2.34. The van der Waals surface area contributed by atoms with E-state index in [-0.39, 0.29) is 30.3 Å². The highest BCUT2D eigenvalue weighted by atomic mass is 35.5. The number of amides is 2. The second kappa shape index (κ2) is 11.2. The van der Waals surface area contributed by atoms with Crippen LogP contribution in [0.25, 0.3) is 0 Å². The summed E-state index contributed by atoms with van der Waals surface area (Å²) >= 11 is 18.4. The molecule has 7 heteroatoms. The highest BCUT2D eigenvalue weighted by molar-refractivity contribution is 6.31. The fourth-order valence-corrected chi connectivity index (χ4v) is 4.49. The average molecular weight is 482 g/mol. The molecule has 31 heavy (non-hydrogen) atoms. The lowest BCUT2D eigenvalue weighted by atomic mass is 9.87. The third-order valence-corrected chi connectivity index (χ3v) is 6.69. The zero-order valence-electron chi connectivity index (χ0n) is 17.5. The molecule has 0 bridgehead atoms. The van der Waals surface area contributed by atoms with Crippen molar-refractivity contribution >= 4 is 46.6 Å². The predicted molar refractivity (Wildman–Crippen MR) is 126 cm³/mol. The van der Waals surface area contributed by atoms with E-state index in [9.17, 15) is 9.59 Å². The van der Waals surface area contributed by atoms with Gasteiger partial charge in [-0.2, -0.15) is 0 Å². The van der Waals surface area contributed by atoms with Crippen molar-refractivity contribution in [3.05, 3.63) is 69.7 Å². The van der Waals surface area contributed by atoms with Crippen LogP contribution in [0.2, 0.25) is 10.0 Å². The van der Waals surface area contributed by atoms with Gasteiger partial charge < -0.3 is 10.2 Å². The molecule has 0 heterocycles. The summed E-state index contributed by atoms with van der Waals surface area (Å²) in [6.07, 6.45) is 4.05. The van der Waals surface area contributed by atoms with Gasteiger partial charge >= 0.3 is 0 Å². The highest BCUT2D eigenvalue weighted by Gasteiger charge is 2.33. The number of hydrogen-bond donors (Lipinski definition) is 1. The molecule has 2 aromatic carbocycles. The van der Waals surface area contributed by atoms with Crippen LogP contribution in [-0.2, 0) is 16.1 Å². The van der Waals surface area contributed by atoms with Gasteiger partial charge in [-0.05, 0) is 60.9 Å². The summed E-state index contributed by atoms with van der Waals surface area (Å²) in [5.41, 5.74) is 1.43. The fourth-order valence-electron chi connectivity index (χ4n) is 4.01. The fraction of sp³-hybridized carbons (Fsp3) is 0.417. The molecule has 4 nitrogen and oxygen atoms in total. The SMILES string of the molecule is CC1CCC(NC(=O)[C@H](c2ccc(Cl)cc2)N(Cc2ccccc2Cl)C(=O)CCl)CC1. The number of nitrogens with one attached hydrogen (secondary N) is 1. The lowest BCUT2D eigenvalue weighted by molar-refractivity contribution is -0.140. The van der Waals surface area contributed by atoms with E-state index in [0.29, 0.717) is 21.5 Å². The normalized spacial score (nSPS) is 19.5. The Morgan fingerprint density at radius 2 is 1.68 bits per heavy atom. The molecule has 1 N–H and O–H groups in total. The number of halogens is 3. The summed E-state index contributed by atoms with van der Waals surface area (Å²) in [6.45, 7) is 2.41. The monoisotopic (exact) mass is 480 g/mol. The Morgan fingerprint density at radius 3 is 2.29 bits per heavy atom. The molecule has 1 saturated carbocycles. The molecular weight excluding hydrogens is 455 g/mol. The van der Waals surface area contributed by atoms with Crippen molar-refractivity contribution in [2.75, 3.05) is 5.88 Å². The molecule has 3 rings (SSSR count). The molecule has 1 atom stereocenters. The van der Waals surface area contributed by atoms with Gasteiger partial charge in [-0.3, -0.25) is 9.59 Å². The molecule has 2 aromatic rings. The minimum Gasteiger partial charge on any atom is -0.351 e. The van der Waals surface area contributed by atoms with Crippen LogP contribution in [0.1, 0.15) is 49.8 Å². The minimum absolute atomic E-state index is 0.103. The second-order valence-electron chi connectivity index (χ2n) is 8.17. The molecular formula is C24H27Cl3N2O2. The summed E-state index contributed by atoms with van der Waals surface area (Å²) in [4.78, 5) is 27.9. The molecule has 0 spiro atoms. The van der Waals surface area contributed by atoms with Gasteiger partial charge in [-0.15, -0.1) is 11.6 Å². The third kappa shape index (κ3) is 6.38. The number of hydrogen-bond acceptors (Lipinski definition) is 2. The summed E-state index contributed by atoms with van der Waals surface area (Å²) in [6, 6.07) is 13.5. The van der Waals surface area contributed by atoms with Crippen LogP contribution in [0.15, 0.2) is 48.5 Å². The Labute approximate surface area is 198 Å². The van der Waals surface area contributed by atoms with E-state index in [4.69, 9.17) is 34.8 Å². The van der Waals surface area contributed by atoms with Gasteiger partial charge in [0.25, 0.3) is 0 Å². The average Bonchev–Trinajstić information content (AvgIpc) is 2.77. The van der Waals surface area contributed by atoms with Crippen LogP contribution in [0.5, 0.6) is 0 Å². The van der Waals surface area contributed by atoms with Crippen molar-refractivity contribution in [3.63, 3.8) is 0 Å². The minimum atomic E-state index is -0.834. The first-order valence-corrected chi connectivity index (χ1v) is 11.8. The van der Waals surface area contributed by atoms with Crippen LogP contribution in [0, 0.1) is 5.92 Å². The number of rotatable bonds is 7. The lowest BCUT2D eigenvalue weighted by Crippen LogP contribution is -2.47. The van der Waals surface area contributed by atoms with Crippen molar-refractivity contribution in [3.8, 4) is 0 Å². The molecule has 0 aromatic heterocycles. The van der Waals surface area contributed by atoms with Gasteiger partial charge in [0.05, 0.1) is 0 Å². The largest absolute Gasteiger partial charge is 0.351 e. The maximum atomic E-state index is 13.5. The Hall–Kier alpha value is -1.75. The molecule has 1 aliphatic carbocycles. The van der Waals surface area contributed by atoms with E-state index in [1.165, 1.54) is 4.90 Å². The van der Waals surface area contributed by atoms with Gasteiger partial charge in [0.1, 0.15) is 11.9 Å². The topological polar surface area (TPSA) is 49.4 Å². The first kappa shape index (κ1) is 23.9. The molecule has 166 valence electrons. The zero-order chi connectivity index (χ0) is 22.4. The third-order valence-electron chi connectivity index (χ3n) is 5.84. The van der Waals surface area contributed by atoms with E-state index in [2.05, 4.69) is 12.2 Å². The second-order valence-corrected chi connectivity index (χ2v) is 9.28. The Balaban J connectivity index is 1.93. The van der Waals surface area contributed by atoms with Gasteiger partial charge in [-0.25, -0.2) is 0 Å². The summed E-state index contributed by atoms with van der Waals surface area (Å²) in [5.74, 6) is -0.112.